The molecule has 2 heterocycles. The van der Waals surface area contributed by atoms with Gasteiger partial charge in [0.05, 0.1) is 6.54 Å². The predicted molar refractivity (Wildman–Crippen MR) is 74.1 cm³/mol. The van der Waals surface area contributed by atoms with Gasteiger partial charge in [-0.3, -0.25) is 5.32 Å². The molecule has 6 nitrogen and oxygen atoms in total. The zero-order chi connectivity index (χ0) is 13.8. The molecule has 3 rings (SSSR count). The molecular weight excluding hydrogens is 256 g/mol. The third-order valence-electron chi connectivity index (χ3n) is 2.78. The molecule has 0 radical (unpaired) electrons. The number of nitrogens with one attached hydrogen (secondary N) is 2. The maximum Gasteiger partial charge on any atom is 0.320 e. The van der Waals surface area contributed by atoms with E-state index >= 15 is 0 Å². The van der Waals surface area contributed by atoms with Gasteiger partial charge in [-0.05, 0) is 24.3 Å². The third-order valence-corrected chi connectivity index (χ3v) is 2.78. The summed E-state index contributed by atoms with van der Waals surface area (Å²) in [5.41, 5.74) is 1.39. The summed E-state index contributed by atoms with van der Waals surface area (Å²) in [5.74, 6) is 0.495. The number of pyridine rings is 1. The summed E-state index contributed by atoms with van der Waals surface area (Å²) in [6.45, 7) is 0.287. The summed E-state index contributed by atoms with van der Waals surface area (Å²) in [5, 5.41) is 10.2. The fraction of sp³-hybridized carbons (Fsp3) is 0.0714. The largest absolute Gasteiger partial charge is 0.356 e. The van der Waals surface area contributed by atoms with E-state index in [0.717, 1.165) is 5.39 Å². The molecule has 1 aromatic carbocycles. The lowest BCUT2D eigenvalue weighted by atomic mass is 10.2. The van der Waals surface area contributed by atoms with Gasteiger partial charge < -0.3 is 9.84 Å². The van der Waals surface area contributed by atoms with E-state index < -0.39 is 0 Å². The van der Waals surface area contributed by atoms with Gasteiger partial charge in [-0.1, -0.05) is 23.4 Å². The van der Waals surface area contributed by atoms with Crippen LogP contribution in [0.2, 0.25) is 0 Å². The minimum absolute atomic E-state index is 0.287. The Balaban J connectivity index is 1.63. The van der Waals surface area contributed by atoms with Gasteiger partial charge in [0.1, 0.15) is 11.5 Å². The van der Waals surface area contributed by atoms with Gasteiger partial charge in [-0.15, -0.1) is 0 Å². The Morgan fingerprint density at radius 3 is 2.85 bits per heavy atom. The van der Waals surface area contributed by atoms with Gasteiger partial charge in [0, 0.05) is 11.6 Å². The number of carbonyl (C=O) groups is 1. The normalized spacial score (nSPS) is 10.4. The Morgan fingerprint density at radius 2 is 2.00 bits per heavy atom. The second-order valence-corrected chi connectivity index (χ2v) is 4.15. The van der Waals surface area contributed by atoms with E-state index in [1.165, 1.54) is 0 Å². The van der Waals surface area contributed by atoms with Gasteiger partial charge in [-0.2, -0.15) is 0 Å². The Labute approximate surface area is 114 Å². The topological polar surface area (TPSA) is 80.0 Å². The molecular formula is C14H12N4O2. The highest BCUT2D eigenvalue weighted by Gasteiger charge is 2.08. The molecule has 0 atom stereocenters. The van der Waals surface area contributed by atoms with Crippen LogP contribution >= 0.6 is 0 Å². The van der Waals surface area contributed by atoms with E-state index in [4.69, 9.17) is 4.52 Å². The molecule has 6 heteroatoms. The first-order valence-electron chi connectivity index (χ1n) is 6.12. The summed E-state index contributed by atoms with van der Waals surface area (Å²) in [6.07, 6.45) is 1.61. The smallest absolute Gasteiger partial charge is 0.320 e. The van der Waals surface area contributed by atoms with Gasteiger partial charge in [-0.25, -0.2) is 9.78 Å². The number of hydrogen-bond acceptors (Lipinski definition) is 4. The monoisotopic (exact) mass is 268 g/mol. The van der Waals surface area contributed by atoms with Crippen LogP contribution in [0.5, 0.6) is 0 Å². The minimum Gasteiger partial charge on any atom is -0.356 e. The standard InChI is InChI=1S/C14H12N4O2/c19-14(17-13-7-3-4-8-15-13)16-9-11-10-5-1-2-6-12(10)20-18-11/h1-8H,9H2,(H2,15,16,17,19). The molecule has 0 aliphatic carbocycles. The summed E-state index contributed by atoms with van der Waals surface area (Å²) < 4.78 is 5.17. The Hall–Kier alpha value is -2.89. The van der Waals surface area contributed by atoms with E-state index in [2.05, 4.69) is 20.8 Å². The number of amides is 2. The lowest BCUT2D eigenvalue weighted by Gasteiger charge is -2.05. The fourth-order valence-electron chi connectivity index (χ4n) is 1.83. The van der Waals surface area contributed by atoms with Gasteiger partial charge in [0.15, 0.2) is 5.58 Å². The summed E-state index contributed by atoms with van der Waals surface area (Å²) in [4.78, 5) is 15.7. The zero-order valence-electron chi connectivity index (χ0n) is 10.5. The molecule has 2 aromatic heterocycles. The third kappa shape index (κ3) is 2.59. The van der Waals surface area contributed by atoms with E-state index in [1.807, 2.05) is 24.3 Å². The van der Waals surface area contributed by atoms with Crippen molar-refractivity contribution in [1.82, 2.24) is 15.5 Å². The summed E-state index contributed by atoms with van der Waals surface area (Å²) >= 11 is 0. The second-order valence-electron chi connectivity index (χ2n) is 4.15. The van der Waals surface area contributed by atoms with Crippen molar-refractivity contribution in [3.05, 3.63) is 54.4 Å². The molecule has 0 aliphatic rings. The van der Waals surface area contributed by atoms with E-state index in [0.29, 0.717) is 17.1 Å². The number of urea groups is 1. The molecule has 2 N–H and O–H groups in total. The molecule has 0 bridgehead atoms. The summed E-state index contributed by atoms with van der Waals surface area (Å²) in [7, 11) is 0. The van der Waals surface area contributed by atoms with Crippen LogP contribution < -0.4 is 10.6 Å². The molecule has 20 heavy (non-hydrogen) atoms. The number of para-hydroxylation sites is 1. The molecule has 0 saturated heterocycles. The average Bonchev–Trinajstić information content (AvgIpc) is 2.89. The molecule has 0 unspecified atom stereocenters. The van der Waals surface area contributed by atoms with Crippen LogP contribution in [0.4, 0.5) is 10.6 Å². The molecule has 0 aliphatic heterocycles. The highest BCUT2D eigenvalue weighted by molar-refractivity contribution is 5.88. The quantitative estimate of drug-likeness (QED) is 0.765. The van der Waals surface area contributed by atoms with Crippen LogP contribution in [0.3, 0.4) is 0 Å². The van der Waals surface area contributed by atoms with Crippen molar-refractivity contribution in [2.75, 3.05) is 5.32 Å². The highest BCUT2D eigenvalue weighted by atomic mass is 16.5. The minimum atomic E-state index is -0.337. The van der Waals surface area contributed by atoms with E-state index in [-0.39, 0.29) is 12.6 Å². The van der Waals surface area contributed by atoms with Gasteiger partial charge in [0.25, 0.3) is 0 Å². The maximum atomic E-state index is 11.7. The number of aromatic nitrogens is 2. The van der Waals surface area contributed by atoms with Crippen molar-refractivity contribution < 1.29 is 9.32 Å². The molecule has 0 fully saturated rings. The first-order valence-corrected chi connectivity index (χ1v) is 6.12. The molecule has 3 aromatic rings. The first kappa shape index (κ1) is 12.2. The van der Waals surface area contributed by atoms with E-state index in [1.54, 1.807) is 24.4 Å². The number of benzene rings is 1. The lowest BCUT2D eigenvalue weighted by Crippen LogP contribution is -2.28. The Bertz CT molecular complexity index is 724. The zero-order valence-corrected chi connectivity index (χ0v) is 10.5. The van der Waals surface area contributed by atoms with Crippen LogP contribution in [0.1, 0.15) is 5.69 Å². The number of anilines is 1. The SMILES string of the molecule is O=C(NCc1noc2ccccc12)Nc1ccccn1. The van der Waals surface area contributed by atoms with Crippen LogP contribution in [0.25, 0.3) is 11.0 Å². The van der Waals surface area contributed by atoms with Crippen molar-refractivity contribution in [2.45, 2.75) is 6.54 Å². The number of carbonyl (C=O) groups excluding carboxylic acids is 1. The number of hydrogen-bond donors (Lipinski definition) is 2. The molecule has 0 saturated carbocycles. The number of rotatable bonds is 3. The molecule has 2 amide bonds. The second kappa shape index (κ2) is 5.40. The Kier molecular flexibility index (Phi) is 3.28. The number of nitrogens with zero attached hydrogens (tertiary/aromatic N) is 2. The molecule has 100 valence electrons. The average molecular weight is 268 g/mol. The predicted octanol–water partition coefficient (Wildman–Crippen LogP) is 2.54. The number of fused-ring (bicyclic) bond motifs is 1. The van der Waals surface area contributed by atoms with E-state index in [9.17, 15) is 4.79 Å². The van der Waals surface area contributed by atoms with Crippen molar-refractivity contribution in [3.63, 3.8) is 0 Å². The van der Waals surface area contributed by atoms with Gasteiger partial charge >= 0.3 is 6.03 Å². The van der Waals surface area contributed by atoms with Gasteiger partial charge in [0.2, 0.25) is 0 Å². The summed E-state index contributed by atoms with van der Waals surface area (Å²) in [6, 6.07) is 12.5. The van der Waals surface area contributed by atoms with Crippen LogP contribution in [0, 0.1) is 0 Å². The highest BCUT2D eigenvalue weighted by Crippen LogP contribution is 2.17. The molecule has 0 spiro atoms. The van der Waals surface area contributed by atoms with Crippen LogP contribution in [-0.4, -0.2) is 16.2 Å². The maximum absolute atomic E-state index is 11.7. The van der Waals surface area contributed by atoms with Crippen LogP contribution in [0.15, 0.2) is 53.2 Å². The van der Waals surface area contributed by atoms with Crippen molar-refractivity contribution in [3.8, 4) is 0 Å². The van der Waals surface area contributed by atoms with Crippen LogP contribution in [-0.2, 0) is 6.54 Å². The fourth-order valence-corrected chi connectivity index (χ4v) is 1.83. The van der Waals surface area contributed by atoms with Crippen molar-refractivity contribution >= 4 is 22.8 Å². The Morgan fingerprint density at radius 1 is 1.15 bits per heavy atom. The lowest BCUT2D eigenvalue weighted by molar-refractivity contribution is 0.251. The van der Waals surface area contributed by atoms with Crippen molar-refractivity contribution in [1.29, 1.82) is 0 Å². The van der Waals surface area contributed by atoms with Crippen molar-refractivity contribution in [2.24, 2.45) is 0 Å². The first-order chi connectivity index (χ1) is 9.83.